The molecule has 0 aliphatic heterocycles. The third kappa shape index (κ3) is 48.3. The smallest absolute Gasteiger partial charge is 0.255 e. The number of carbonyl (C=O) groups is 2. The van der Waals surface area contributed by atoms with Crippen molar-refractivity contribution in [1.29, 1.82) is 0 Å². The van der Waals surface area contributed by atoms with Crippen LogP contribution in [0, 0.1) is 0 Å². The highest BCUT2D eigenvalue weighted by Gasteiger charge is 2.16. The molecule has 1 aromatic carbocycles. The number of unbranched alkanes of at least 4 members (excludes halogenated alkanes) is 52. The van der Waals surface area contributed by atoms with Crippen LogP contribution in [0.2, 0.25) is 0 Å². The van der Waals surface area contributed by atoms with Gasteiger partial charge in [-0.25, -0.2) is 0 Å². The molecule has 0 radical (unpaired) electrons. The molecule has 1 aromatic rings. The van der Waals surface area contributed by atoms with Gasteiger partial charge in [0.05, 0.1) is 12.2 Å². The molecule has 2 N–H and O–H groups in total. The van der Waals surface area contributed by atoms with Gasteiger partial charge in [-0.05, 0) is 37.5 Å². The summed E-state index contributed by atoms with van der Waals surface area (Å²) in [6.45, 7) is 8.82. The van der Waals surface area contributed by atoms with E-state index in [9.17, 15) is 9.59 Å². The average molecular weight is 1040 g/mol. The van der Waals surface area contributed by atoms with Crippen molar-refractivity contribution in [1.82, 2.24) is 10.6 Å². The zero-order valence-electron chi connectivity index (χ0n) is 50.5. The molecule has 0 aliphatic carbocycles. The van der Waals surface area contributed by atoms with Crippen LogP contribution in [0.5, 0.6) is 5.75 Å². The van der Waals surface area contributed by atoms with Crippen LogP contribution in [0.15, 0.2) is 18.2 Å². The minimum absolute atomic E-state index is 0.0742. The normalized spacial score (nSPS) is 11.4. The van der Waals surface area contributed by atoms with E-state index < -0.39 is 0 Å². The first kappa shape index (κ1) is 70.0. The topological polar surface area (TPSA) is 67.4 Å². The highest BCUT2D eigenvalue weighted by molar-refractivity contribution is 6.00. The van der Waals surface area contributed by atoms with Gasteiger partial charge in [-0.2, -0.15) is 0 Å². The summed E-state index contributed by atoms with van der Waals surface area (Å²) in [4.78, 5) is 26.8. The molecule has 0 aliphatic rings. The highest BCUT2D eigenvalue weighted by atomic mass is 16.5. The van der Waals surface area contributed by atoms with E-state index in [-0.39, 0.29) is 11.8 Å². The fraction of sp³-hybridized carbons (Fsp3) is 0.884. The molecular formula is C69H130N2O3. The summed E-state index contributed by atoms with van der Waals surface area (Å²) in [6, 6.07) is 5.41. The van der Waals surface area contributed by atoms with Crippen molar-refractivity contribution >= 4 is 11.8 Å². The molecule has 0 unspecified atom stereocenters. The van der Waals surface area contributed by atoms with Crippen molar-refractivity contribution < 1.29 is 14.3 Å². The summed E-state index contributed by atoms with van der Waals surface area (Å²) in [5.74, 6) is 0.375. The van der Waals surface area contributed by atoms with E-state index in [1.54, 1.807) is 18.2 Å². The molecule has 0 fully saturated rings. The summed E-state index contributed by atoms with van der Waals surface area (Å²) in [6.07, 6.45) is 74.7. The molecule has 0 spiro atoms. The van der Waals surface area contributed by atoms with Crippen LogP contribution in [0.4, 0.5) is 0 Å². The summed E-state index contributed by atoms with van der Waals surface area (Å²) in [5, 5.41) is 6.32. The monoisotopic (exact) mass is 1040 g/mol. The quantitative estimate of drug-likeness (QED) is 0.0639. The van der Waals surface area contributed by atoms with Crippen molar-refractivity contribution in [2.24, 2.45) is 0 Å². The van der Waals surface area contributed by atoms with Gasteiger partial charge >= 0.3 is 0 Å². The Hall–Kier alpha value is -2.04. The van der Waals surface area contributed by atoms with Crippen molar-refractivity contribution in [3.8, 4) is 5.75 Å². The van der Waals surface area contributed by atoms with Crippen LogP contribution in [-0.4, -0.2) is 31.5 Å². The van der Waals surface area contributed by atoms with E-state index in [0.29, 0.717) is 36.6 Å². The van der Waals surface area contributed by atoms with Crippen LogP contribution in [-0.2, 0) is 0 Å². The molecule has 0 bridgehead atoms. The Bertz CT molecular complexity index is 1300. The Balaban J connectivity index is 2.25. The second-order valence-electron chi connectivity index (χ2n) is 23.5. The van der Waals surface area contributed by atoms with Crippen molar-refractivity contribution in [3.63, 3.8) is 0 Å². The highest BCUT2D eigenvalue weighted by Crippen LogP contribution is 2.23. The lowest BCUT2D eigenvalue weighted by Crippen LogP contribution is -2.26. The Labute approximate surface area is 463 Å². The third-order valence-electron chi connectivity index (χ3n) is 16.1. The van der Waals surface area contributed by atoms with E-state index in [1.165, 1.54) is 315 Å². The summed E-state index contributed by atoms with van der Waals surface area (Å²) < 4.78 is 6.30. The molecule has 0 heterocycles. The van der Waals surface area contributed by atoms with Gasteiger partial charge in [0.25, 0.3) is 11.8 Å². The van der Waals surface area contributed by atoms with Gasteiger partial charge in [-0.3, -0.25) is 9.59 Å². The van der Waals surface area contributed by atoms with Crippen LogP contribution in [0.3, 0.4) is 0 Å². The van der Waals surface area contributed by atoms with Gasteiger partial charge in [0.15, 0.2) is 0 Å². The lowest BCUT2D eigenvalue weighted by atomic mass is 10.0. The second kappa shape index (κ2) is 58.6. The van der Waals surface area contributed by atoms with E-state index in [4.69, 9.17) is 4.74 Å². The molecule has 5 heteroatoms. The molecule has 0 atom stereocenters. The fourth-order valence-electron chi connectivity index (χ4n) is 11.0. The molecular weight excluding hydrogens is 905 g/mol. The molecule has 5 nitrogen and oxygen atoms in total. The second-order valence-corrected chi connectivity index (χ2v) is 23.5. The number of hydrogen-bond acceptors (Lipinski definition) is 3. The van der Waals surface area contributed by atoms with Gasteiger partial charge in [0.2, 0.25) is 0 Å². The van der Waals surface area contributed by atoms with E-state index in [1.807, 2.05) is 0 Å². The Morgan fingerprint density at radius 3 is 0.797 bits per heavy atom. The third-order valence-corrected chi connectivity index (χ3v) is 16.1. The molecule has 2 amide bonds. The number of rotatable bonds is 61. The van der Waals surface area contributed by atoms with Crippen LogP contribution in [0.1, 0.15) is 395 Å². The van der Waals surface area contributed by atoms with Gasteiger partial charge in [0.1, 0.15) is 5.75 Å². The molecule has 0 aromatic heterocycles. The SMILES string of the molecule is CCCCCCCCCCCCCCCCCCCCCCCCNC(=O)c1ccc(C(=O)NCCCCCCCCCCCCCCCCCCCCCCCC)c(OCCCCCCCCCCCCC)c1. The molecule has 1 rings (SSSR count). The van der Waals surface area contributed by atoms with E-state index >= 15 is 0 Å². The standard InChI is InChI=1S/C69H130N2O3/c1-4-7-10-13-16-19-22-24-26-28-30-32-34-36-38-40-42-44-47-50-53-56-61-70-68(72)65-59-60-66(67(64-65)74-63-58-55-52-49-46-21-18-15-12-9-6-3)69(73)71-62-57-54-51-48-45-43-41-39-37-35-33-31-29-27-25-23-20-17-14-11-8-5-2/h59-60,64H,4-58,61-63H2,1-3H3,(H,70,72)(H,71,73). The number of benzene rings is 1. The molecule has 0 saturated carbocycles. The maximum absolute atomic E-state index is 13.5. The summed E-state index contributed by atoms with van der Waals surface area (Å²) in [5.41, 5.74) is 1.12. The van der Waals surface area contributed by atoms with Gasteiger partial charge in [-0.1, -0.05) is 355 Å². The number of amides is 2. The maximum atomic E-state index is 13.5. The number of hydrogen-bond donors (Lipinski definition) is 2. The number of ether oxygens (including phenoxy) is 1. The average Bonchev–Trinajstić information content (AvgIpc) is 3.41. The van der Waals surface area contributed by atoms with E-state index in [2.05, 4.69) is 31.4 Å². The first-order chi connectivity index (χ1) is 36.6. The minimum Gasteiger partial charge on any atom is -0.493 e. The van der Waals surface area contributed by atoms with Gasteiger partial charge < -0.3 is 15.4 Å². The molecule has 74 heavy (non-hydrogen) atoms. The van der Waals surface area contributed by atoms with Crippen LogP contribution < -0.4 is 15.4 Å². The lowest BCUT2D eigenvalue weighted by molar-refractivity contribution is 0.0937. The van der Waals surface area contributed by atoms with Crippen LogP contribution >= 0.6 is 0 Å². The Morgan fingerprint density at radius 1 is 0.297 bits per heavy atom. The van der Waals surface area contributed by atoms with E-state index in [0.717, 1.165) is 38.5 Å². The number of nitrogens with one attached hydrogen (secondary N) is 2. The number of carbonyl (C=O) groups excluding carboxylic acids is 2. The zero-order valence-corrected chi connectivity index (χ0v) is 50.5. The Kier molecular flexibility index (Phi) is 55.4. The predicted molar refractivity (Wildman–Crippen MR) is 328 cm³/mol. The Morgan fingerprint density at radius 2 is 0.527 bits per heavy atom. The summed E-state index contributed by atoms with van der Waals surface area (Å²) in [7, 11) is 0. The first-order valence-electron chi connectivity index (χ1n) is 34.0. The van der Waals surface area contributed by atoms with Gasteiger partial charge in [0, 0.05) is 18.7 Å². The summed E-state index contributed by atoms with van der Waals surface area (Å²) >= 11 is 0. The van der Waals surface area contributed by atoms with Crippen LogP contribution in [0.25, 0.3) is 0 Å². The molecule has 0 saturated heterocycles. The maximum Gasteiger partial charge on any atom is 0.255 e. The largest absolute Gasteiger partial charge is 0.493 e. The fourth-order valence-corrected chi connectivity index (χ4v) is 11.0. The lowest BCUT2D eigenvalue weighted by Gasteiger charge is -2.14. The predicted octanol–water partition coefficient (Wildman–Crippen LogP) is 23.0. The molecule has 434 valence electrons. The van der Waals surface area contributed by atoms with Gasteiger partial charge in [-0.15, -0.1) is 0 Å². The van der Waals surface area contributed by atoms with Crippen molar-refractivity contribution in [2.45, 2.75) is 374 Å². The minimum atomic E-state index is -0.0933. The van der Waals surface area contributed by atoms with Crippen molar-refractivity contribution in [2.75, 3.05) is 19.7 Å². The van der Waals surface area contributed by atoms with Crippen molar-refractivity contribution in [3.05, 3.63) is 29.3 Å². The zero-order chi connectivity index (χ0) is 53.1. The first-order valence-corrected chi connectivity index (χ1v) is 34.0.